The quantitative estimate of drug-likeness (QED) is 0.720. The van der Waals surface area contributed by atoms with E-state index in [2.05, 4.69) is 0 Å². The number of carbonyl (C=O) groups is 1. The highest BCUT2D eigenvalue weighted by molar-refractivity contribution is 5.78. The normalized spacial score (nSPS) is 10.2. The van der Waals surface area contributed by atoms with Gasteiger partial charge in [0.1, 0.15) is 11.6 Å². The smallest absolute Gasteiger partial charge is 0.132 e. The highest BCUT2D eigenvalue weighted by Crippen LogP contribution is 2.12. The van der Waals surface area contributed by atoms with Gasteiger partial charge in [0.25, 0.3) is 0 Å². The molecule has 1 nitrogen and oxygen atoms in total. The average molecular weight is 194 g/mol. The van der Waals surface area contributed by atoms with E-state index in [9.17, 15) is 9.18 Å². The molecule has 0 N–H and O–H groups in total. The van der Waals surface area contributed by atoms with Crippen molar-refractivity contribution in [3.63, 3.8) is 0 Å². The first-order valence-corrected chi connectivity index (χ1v) is 4.90. The second-order valence-electron chi connectivity index (χ2n) is 3.49. The molecule has 14 heavy (non-hydrogen) atoms. The Balaban J connectivity index is 2.66. The number of hydrogen-bond acceptors (Lipinski definition) is 1. The molecule has 0 spiro atoms. The number of rotatable bonds is 4. The van der Waals surface area contributed by atoms with Crippen LogP contribution in [0.5, 0.6) is 0 Å². The van der Waals surface area contributed by atoms with Gasteiger partial charge in [-0.15, -0.1) is 0 Å². The number of hydrogen-bond donors (Lipinski definition) is 0. The lowest BCUT2D eigenvalue weighted by Crippen LogP contribution is -1.99. The first-order valence-electron chi connectivity index (χ1n) is 4.90. The fourth-order valence-electron chi connectivity index (χ4n) is 1.35. The van der Waals surface area contributed by atoms with Crippen LogP contribution in [-0.4, -0.2) is 5.78 Å². The van der Waals surface area contributed by atoms with Gasteiger partial charge in [0.15, 0.2) is 0 Å². The van der Waals surface area contributed by atoms with Crippen LogP contribution in [0.15, 0.2) is 18.2 Å². The van der Waals surface area contributed by atoms with Gasteiger partial charge < -0.3 is 0 Å². The van der Waals surface area contributed by atoms with Gasteiger partial charge in [-0.1, -0.05) is 24.6 Å². The summed E-state index contributed by atoms with van der Waals surface area (Å²) in [6, 6.07) is 5.00. The minimum Gasteiger partial charge on any atom is -0.300 e. The van der Waals surface area contributed by atoms with Crippen LogP contribution in [0.2, 0.25) is 0 Å². The van der Waals surface area contributed by atoms with Gasteiger partial charge in [-0.25, -0.2) is 4.39 Å². The Morgan fingerprint density at radius 1 is 1.43 bits per heavy atom. The Bertz CT molecular complexity index is 331. The van der Waals surface area contributed by atoms with E-state index in [-0.39, 0.29) is 11.6 Å². The number of carbonyl (C=O) groups excluding carboxylic acids is 1. The summed E-state index contributed by atoms with van der Waals surface area (Å²) >= 11 is 0. The van der Waals surface area contributed by atoms with E-state index < -0.39 is 0 Å². The van der Waals surface area contributed by atoms with Gasteiger partial charge in [0, 0.05) is 12.8 Å². The average Bonchev–Trinajstić information content (AvgIpc) is 2.19. The van der Waals surface area contributed by atoms with Gasteiger partial charge in [-0.05, 0) is 25.0 Å². The van der Waals surface area contributed by atoms with Crippen molar-refractivity contribution in [2.75, 3.05) is 0 Å². The second-order valence-corrected chi connectivity index (χ2v) is 3.49. The number of aryl methyl sites for hydroxylation is 2. The maximum absolute atomic E-state index is 13.2. The minimum absolute atomic E-state index is 0.186. The van der Waals surface area contributed by atoms with Crippen LogP contribution in [-0.2, 0) is 11.2 Å². The summed E-state index contributed by atoms with van der Waals surface area (Å²) in [6.45, 7) is 3.75. The third-order valence-electron chi connectivity index (χ3n) is 2.27. The summed E-state index contributed by atoms with van der Waals surface area (Å²) in [5, 5.41) is 0. The van der Waals surface area contributed by atoms with E-state index in [1.54, 1.807) is 12.1 Å². The van der Waals surface area contributed by atoms with E-state index in [1.165, 1.54) is 6.07 Å². The van der Waals surface area contributed by atoms with Crippen molar-refractivity contribution in [3.8, 4) is 0 Å². The second kappa shape index (κ2) is 4.89. The topological polar surface area (TPSA) is 17.1 Å². The molecule has 0 radical (unpaired) electrons. The molecule has 0 aliphatic heterocycles. The van der Waals surface area contributed by atoms with Crippen LogP contribution in [0.4, 0.5) is 4.39 Å². The van der Waals surface area contributed by atoms with E-state index in [0.717, 1.165) is 5.56 Å². The number of Topliss-reactive ketones (excluding diaryl/α,β-unsaturated/α-hetero) is 1. The van der Waals surface area contributed by atoms with Crippen molar-refractivity contribution in [2.24, 2.45) is 0 Å². The van der Waals surface area contributed by atoms with Crippen LogP contribution in [0.25, 0.3) is 0 Å². The monoisotopic (exact) mass is 194 g/mol. The zero-order chi connectivity index (χ0) is 10.6. The molecular weight excluding hydrogens is 179 g/mol. The molecule has 0 atom stereocenters. The van der Waals surface area contributed by atoms with Crippen molar-refractivity contribution < 1.29 is 9.18 Å². The van der Waals surface area contributed by atoms with E-state index >= 15 is 0 Å². The molecule has 0 fully saturated rings. The SMILES string of the molecule is CCC(=O)CCc1cc(C)ccc1F. The number of halogens is 1. The maximum atomic E-state index is 13.2. The van der Waals surface area contributed by atoms with Gasteiger partial charge >= 0.3 is 0 Å². The Morgan fingerprint density at radius 3 is 2.79 bits per heavy atom. The lowest BCUT2D eigenvalue weighted by molar-refractivity contribution is -0.118. The lowest BCUT2D eigenvalue weighted by atomic mass is 10.0. The fraction of sp³-hybridized carbons (Fsp3) is 0.417. The Kier molecular flexibility index (Phi) is 3.81. The van der Waals surface area contributed by atoms with Crippen LogP contribution in [0.1, 0.15) is 30.9 Å². The van der Waals surface area contributed by atoms with Crippen molar-refractivity contribution >= 4 is 5.78 Å². The highest BCUT2D eigenvalue weighted by atomic mass is 19.1. The molecule has 1 aromatic carbocycles. The van der Waals surface area contributed by atoms with Crippen molar-refractivity contribution in [1.82, 2.24) is 0 Å². The van der Waals surface area contributed by atoms with Crippen LogP contribution in [0, 0.1) is 12.7 Å². The summed E-state index contributed by atoms with van der Waals surface area (Å²) in [5.41, 5.74) is 1.68. The third kappa shape index (κ3) is 2.95. The first kappa shape index (κ1) is 10.9. The van der Waals surface area contributed by atoms with Crippen molar-refractivity contribution in [3.05, 3.63) is 35.1 Å². The van der Waals surface area contributed by atoms with E-state index in [4.69, 9.17) is 0 Å². The summed E-state index contributed by atoms with van der Waals surface area (Å²) in [7, 11) is 0. The number of ketones is 1. The third-order valence-corrected chi connectivity index (χ3v) is 2.27. The maximum Gasteiger partial charge on any atom is 0.132 e. The van der Waals surface area contributed by atoms with E-state index in [0.29, 0.717) is 24.8 Å². The zero-order valence-electron chi connectivity index (χ0n) is 8.64. The molecule has 1 aromatic rings. The molecular formula is C12H15FO. The van der Waals surface area contributed by atoms with Gasteiger partial charge in [0.2, 0.25) is 0 Å². The van der Waals surface area contributed by atoms with Gasteiger partial charge in [-0.2, -0.15) is 0 Å². The Hall–Kier alpha value is -1.18. The highest BCUT2D eigenvalue weighted by Gasteiger charge is 2.04. The van der Waals surface area contributed by atoms with Gasteiger partial charge in [-0.3, -0.25) is 4.79 Å². The first-order chi connectivity index (χ1) is 6.63. The molecule has 1 rings (SSSR count). The van der Waals surface area contributed by atoms with Crippen molar-refractivity contribution in [1.29, 1.82) is 0 Å². The van der Waals surface area contributed by atoms with Crippen LogP contribution >= 0.6 is 0 Å². The molecule has 76 valence electrons. The molecule has 0 saturated carbocycles. The minimum atomic E-state index is -0.209. The summed E-state index contributed by atoms with van der Waals surface area (Å²) < 4.78 is 13.2. The molecule has 0 aliphatic rings. The predicted molar refractivity (Wildman–Crippen MR) is 54.8 cm³/mol. The zero-order valence-corrected chi connectivity index (χ0v) is 8.64. The molecule has 2 heteroatoms. The summed E-state index contributed by atoms with van der Waals surface area (Å²) in [6.07, 6.45) is 1.49. The standard InChI is InChI=1S/C12H15FO/c1-3-11(14)6-5-10-8-9(2)4-7-12(10)13/h4,7-8H,3,5-6H2,1-2H3. The molecule has 0 unspecified atom stereocenters. The van der Waals surface area contributed by atoms with Crippen LogP contribution < -0.4 is 0 Å². The fourth-order valence-corrected chi connectivity index (χ4v) is 1.35. The molecule has 0 heterocycles. The number of benzene rings is 1. The lowest BCUT2D eigenvalue weighted by Gasteiger charge is -2.03. The van der Waals surface area contributed by atoms with Crippen molar-refractivity contribution in [2.45, 2.75) is 33.1 Å². The van der Waals surface area contributed by atoms with Crippen LogP contribution in [0.3, 0.4) is 0 Å². The molecule has 0 amide bonds. The predicted octanol–water partition coefficient (Wildman–Crippen LogP) is 3.05. The van der Waals surface area contributed by atoms with E-state index in [1.807, 2.05) is 13.8 Å². The summed E-state index contributed by atoms with van der Waals surface area (Å²) in [4.78, 5) is 11.1. The largest absolute Gasteiger partial charge is 0.300 e. The Labute approximate surface area is 83.9 Å². The molecule has 0 aliphatic carbocycles. The summed E-state index contributed by atoms with van der Waals surface area (Å²) in [5.74, 6) is -0.0228. The molecule has 0 aromatic heterocycles. The molecule has 0 bridgehead atoms. The Morgan fingerprint density at radius 2 is 2.14 bits per heavy atom. The van der Waals surface area contributed by atoms with Gasteiger partial charge in [0.05, 0.1) is 0 Å². The molecule has 0 saturated heterocycles.